The van der Waals surface area contributed by atoms with E-state index in [1.165, 1.54) is 0 Å². The summed E-state index contributed by atoms with van der Waals surface area (Å²) in [6.45, 7) is 9.18. The minimum absolute atomic E-state index is 0.403. The standard InChI is InChI=1S/C16H29N5O2/c1-16(2,22)11-20-15-10-12(17)14(9-13(15)18)19-3-4-21-5-7-23-8-6-21/h9-10,19-20,22H,3-8,11,17-18H2,1-2H3. The molecule has 7 N–H and O–H groups in total. The first-order valence-electron chi connectivity index (χ1n) is 8.04. The summed E-state index contributed by atoms with van der Waals surface area (Å²) in [7, 11) is 0. The first kappa shape index (κ1) is 17.7. The van der Waals surface area contributed by atoms with Gasteiger partial charge in [0.25, 0.3) is 0 Å². The summed E-state index contributed by atoms with van der Waals surface area (Å²) < 4.78 is 5.34. The zero-order valence-electron chi connectivity index (χ0n) is 14.1. The quantitative estimate of drug-likeness (QED) is 0.472. The van der Waals surface area contributed by atoms with E-state index in [1.807, 2.05) is 6.07 Å². The molecule has 1 fully saturated rings. The Balaban J connectivity index is 1.88. The Morgan fingerprint density at radius 2 is 1.70 bits per heavy atom. The van der Waals surface area contributed by atoms with Gasteiger partial charge in [-0.25, -0.2) is 0 Å². The van der Waals surface area contributed by atoms with E-state index in [1.54, 1.807) is 19.9 Å². The molecule has 0 unspecified atom stereocenters. The zero-order valence-corrected chi connectivity index (χ0v) is 14.1. The van der Waals surface area contributed by atoms with Gasteiger partial charge in [-0.3, -0.25) is 4.90 Å². The van der Waals surface area contributed by atoms with Crippen LogP contribution in [0.2, 0.25) is 0 Å². The van der Waals surface area contributed by atoms with Gasteiger partial charge in [0.05, 0.1) is 41.6 Å². The Hall–Kier alpha value is -1.70. The summed E-state index contributed by atoms with van der Waals surface area (Å²) in [6, 6.07) is 3.64. The van der Waals surface area contributed by atoms with E-state index < -0.39 is 5.60 Å². The molecule has 1 saturated heterocycles. The highest BCUT2D eigenvalue weighted by molar-refractivity contribution is 5.81. The molecule has 0 aliphatic carbocycles. The summed E-state index contributed by atoms with van der Waals surface area (Å²) >= 11 is 0. The molecule has 7 heteroatoms. The third-order valence-electron chi connectivity index (χ3n) is 3.78. The van der Waals surface area contributed by atoms with Crippen LogP contribution in [0.25, 0.3) is 0 Å². The second-order valence-corrected chi connectivity index (χ2v) is 6.57. The van der Waals surface area contributed by atoms with Gasteiger partial charge in [0.2, 0.25) is 0 Å². The third kappa shape index (κ3) is 5.78. The van der Waals surface area contributed by atoms with Crippen molar-refractivity contribution in [3.05, 3.63) is 12.1 Å². The second kappa shape index (κ2) is 7.72. The van der Waals surface area contributed by atoms with Crippen molar-refractivity contribution in [2.45, 2.75) is 19.4 Å². The number of nitrogens with two attached hydrogens (primary N) is 2. The smallest absolute Gasteiger partial charge is 0.0763 e. The SMILES string of the molecule is CC(C)(O)CNc1cc(N)c(NCCN2CCOCC2)cc1N. The van der Waals surface area contributed by atoms with E-state index in [2.05, 4.69) is 15.5 Å². The molecule has 0 amide bonds. The highest BCUT2D eigenvalue weighted by Gasteiger charge is 2.14. The lowest BCUT2D eigenvalue weighted by Gasteiger charge is -2.27. The lowest BCUT2D eigenvalue weighted by Crippen LogP contribution is -2.39. The fourth-order valence-corrected chi connectivity index (χ4v) is 2.42. The van der Waals surface area contributed by atoms with Crippen molar-refractivity contribution in [3.63, 3.8) is 0 Å². The Bertz CT molecular complexity index is 510. The Kier molecular flexibility index (Phi) is 5.92. The van der Waals surface area contributed by atoms with Crippen LogP contribution in [0.15, 0.2) is 12.1 Å². The molecule has 0 radical (unpaired) electrons. The number of hydrogen-bond acceptors (Lipinski definition) is 7. The zero-order chi connectivity index (χ0) is 16.9. The first-order chi connectivity index (χ1) is 10.8. The lowest BCUT2D eigenvalue weighted by atomic mass is 10.1. The molecule has 23 heavy (non-hydrogen) atoms. The summed E-state index contributed by atoms with van der Waals surface area (Å²) in [5, 5.41) is 16.2. The van der Waals surface area contributed by atoms with E-state index in [-0.39, 0.29) is 0 Å². The number of benzene rings is 1. The van der Waals surface area contributed by atoms with Crippen molar-refractivity contribution < 1.29 is 9.84 Å². The average molecular weight is 323 g/mol. The molecule has 7 nitrogen and oxygen atoms in total. The van der Waals surface area contributed by atoms with Crippen LogP contribution in [0.5, 0.6) is 0 Å². The van der Waals surface area contributed by atoms with Gasteiger partial charge in [-0.2, -0.15) is 0 Å². The number of nitrogens with zero attached hydrogens (tertiary/aromatic N) is 1. The van der Waals surface area contributed by atoms with Crippen LogP contribution in [0.3, 0.4) is 0 Å². The molecular formula is C16H29N5O2. The monoisotopic (exact) mass is 323 g/mol. The minimum Gasteiger partial charge on any atom is -0.397 e. The molecule has 0 atom stereocenters. The molecule has 1 aliphatic rings. The van der Waals surface area contributed by atoms with Crippen molar-refractivity contribution in [1.82, 2.24) is 4.90 Å². The van der Waals surface area contributed by atoms with Gasteiger partial charge in [-0.15, -0.1) is 0 Å². The molecule has 0 spiro atoms. The number of rotatable bonds is 7. The van der Waals surface area contributed by atoms with E-state index in [9.17, 15) is 5.11 Å². The Labute approximate surface area is 138 Å². The van der Waals surface area contributed by atoms with Crippen molar-refractivity contribution >= 4 is 22.7 Å². The lowest BCUT2D eigenvalue weighted by molar-refractivity contribution is 0.0398. The van der Waals surface area contributed by atoms with Gasteiger partial charge >= 0.3 is 0 Å². The number of hydrogen-bond donors (Lipinski definition) is 5. The highest BCUT2D eigenvalue weighted by atomic mass is 16.5. The molecule has 130 valence electrons. The van der Waals surface area contributed by atoms with Crippen LogP contribution >= 0.6 is 0 Å². The fraction of sp³-hybridized carbons (Fsp3) is 0.625. The average Bonchev–Trinajstić information content (AvgIpc) is 2.49. The molecule has 0 aromatic heterocycles. The molecule has 1 heterocycles. The summed E-state index contributed by atoms with van der Waals surface area (Å²) in [5.74, 6) is 0. The molecule has 0 bridgehead atoms. The van der Waals surface area contributed by atoms with Crippen LogP contribution in [0, 0.1) is 0 Å². The predicted molar refractivity (Wildman–Crippen MR) is 95.8 cm³/mol. The molecular weight excluding hydrogens is 294 g/mol. The van der Waals surface area contributed by atoms with Crippen LogP contribution in [0.1, 0.15) is 13.8 Å². The normalized spacial score (nSPS) is 16.3. The summed E-state index contributed by atoms with van der Waals surface area (Å²) in [4.78, 5) is 2.36. The number of aliphatic hydroxyl groups is 1. The number of ether oxygens (including phenoxy) is 1. The van der Waals surface area contributed by atoms with Crippen molar-refractivity contribution in [2.24, 2.45) is 0 Å². The topological polar surface area (TPSA) is 109 Å². The fourth-order valence-electron chi connectivity index (χ4n) is 2.42. The van der Waals surface area contributed by atoms with Gasteiger partial charge in [0.15, 0.2) is 0 Å². The second-order valence-electron chi connectivity index (χ2n) is 6.57. The number of morpholine rings is 1. The first-order valence-corrected chi connectivity index (χ1v) is 8.04. The van der Waals surface area contributed by atoms with Crippen molar-refractivity contribution in [1.29, 1.82) is 0 Å². The maximum absolute atomic E-state index is 9.77. The number of nitrogens with one attached hydrogen (secondary N) is 2. The van der Waals surface area contributed by atoms with Gasteiger partial charge in [0, 0.05) is 32.7 Å². The number of anilines is 4. The Morgan fingerprint density at radius 1 is 1.13 bits per heavy atom. The highest BCUT2D eigenvalue weighted by Crippen LogP contribution is 2.29. The van der Waals surface area contributed by atoms with Crippen molar-refractivity contribution in [3.8, 4) is 0 Å². The van der Waals surface area contributed by atoms with Gasteiger partial charge in [-0.05, 0) is 26.0 Å². The minimum atomic E-state index is -0.809. The van der Waals surface area contributed by atoms with E-state index >= 15 is 0 Å². The molecule has 1 aromatic carbocycles. The molecule has 0 saturated carbocycles. The van der Waals surface area contributed by atoms with Gasteiger partial charge < -0.3 is 31.9 Å². The molecule has 1 aliphatic heterocycles. The van der Waals surface area contributed by atoms with Gasteiger partial charge in [-0.1, -0.05) is 0 Å². The maximum atomic E-state index is 9.77. The van der Waals surface area contributed by atoms with Crippen LogP contribution in [0.4, 0.5) is 22.7 Å². The molecule has 2 rings (SSSR count). The predicted octanol–water partition coefficient (Wildman–Crippen LogP) is 0.778. The van der Waals surface area contributed by atoms with Crippen molar-refractivity contribution in [2.75, 3.05) is 68.0 Å². The largest absolute Gasteiger partial charge is 0.397 e. The molecule has 1 aromatic rings. The third-order valence-corrected chi connectivity index (χ3v) is 3.78. The summed E-state index contributed by atoms with van der Waals surface area (Å²) in [6.07, 6.45) is 0. The summed E-state index contributed by atoms with van der Waals surface area (Å²) in [5.41, 5.74) is 14.2. The Morgan fingerprint density at radius 3 is 2.26 bits per heavy atom. The van der Waals surface area contributed by atoms with Crippen LogP contribution < -0.4 is 22.1 Å². The maximum Gasteiger partial charge on any atom is 0.0763 e. The van der Waals surface area contributed by atoms with Crippen LogP contribution in [-0.2, 0) is 4.74 Å². The van der Waals surface area contributed by atoms with E-state index in [4.69, 9.17) is 16.2 Å². The van der Waals surface area contributed by atoms with E-state index in [0.29, 0.717) is 17.9 Å². The number of nitrogen functional groups attached to an aromatic ring is 2. The van der Waals surface area contributed by atoms with Gasteiger partial charge in [0.1, 0.15) is 0 Å². The van der Waals surface area contributed by atoms with E-state index in [0.717, 1.165) is 50.8 Å². The van der Waals surface area contributed by atoms with Crippen LogP contribution in [-0.4, -0.2) is 61.5 Å².